The van der Waals surface area contributed by atoms with Crippen molar-refractivity contribution in [2.75, 3.05) is 13.6 Å². The van der Waals surface area contributed by atoms with Gasteiger partial charge in [-0.1, -0.05) is 12.8 Å². The summed E-state index contributed by atoms with van der Waals surface area (Å²) in [5.74, 6) is -0.693. The second-order valence-corrected chi connectivity index (χ2v) is 6.30. The highest BCUT2D eigenvalue weighted by Crippen LogP contribution is 2.25. The zero-order chi connectivity index (χ0) is 17.1. The van der Waals surface area contributed by atoms with Gasteiger partial charge in [0.1, 0.15) is 24.2 Å². The van der Waals surface area contributed by atoms with Crippen LogP contribution in [0.25, 0.3) is 5.69 Å². The minimum absolute atomic E-state index is 0.0898. The molecule has 6 nitrogen and oxygen atoms in total. The van der Waals surface area contributed by atoms with Crippen LogP contribution in [0.4, 0.5) is 4.39 Å². The molecule has 2 aromatic rings. The van der Waals surface area contributed by atoms with Gasteiger partial charge in [-0.3, -0.25) is 4.79 Å². The van der Waals surface area contributed by atoms with E-state index in [9.17, 15) is 14.3 Å². The third-order valence-electron chi connectivity index (χ3n) is 4.58. The zero-order valence-corrected chi connectivity index (χ0v) is 13.6. The lowest BCUT2D eigenvalue weighted by molar-refractivity contribution is 0.0451. The third kappa shape index (κ3) is 3.46. The number of carbonyl (C=O) groups excluding carboxylic acids is 1. The number of aliphatic hydroxyl groups excluding tert-OH is 1. The van der Waals surface area contributed by atoms with Crippen LogP contribution in [0.3, 0.4) is 0 Å². The lowest BCUT2D eigenvalue weighted by atomic mass is 9.86. The van der Waals surface area contributed by atoms with Gasteiger partial charge in [0.15, 0.2) is 0 Å². The number of aliphatic hydroxyl groups is 1. The molecular weight excluding hydrogens is 311 g/mol. The van der Waals surface area contributed by atoms with Crippen molar-refractivity contribution in [3.63, 3.8) is 0 Å². The highest BCUT2D eigenvalue weighted by molar-refractivity contribution is 5.94. The summed E-state index contributed by atoms with van der Waals surface area (Å²) in [6.45, 7) is 0.479. The molecule has 1 amide bonds. The first-order valence-corrected chi connectivity index (χ1v) is 8.14. The smallest absolute Gasteiger partial charge is 0.253 e. The van der Waals surface area contributed by atoms with E-state index in [0.29, 0.717) is 6.54 Å². The molecule has 0 saturated heterocycles. The van der Waals surface area contributed by atoms with Gasteiger partial charge in [0.2, 0.25) is 0 Å². The molecule has 1 aliphatic rings. The molecule has 0 bridgehead atoms. The predicted octanol–water partition coefficient (Wildman–Crippen LogP) is 2.03. The summed E-state index contributed by atoms with van der Waals surface area (Å²) in [6.07, 6.45) is 6.17. The van der Waals surface area contributed by atoms with Crippen LogP contribution in [0.15, 0.2) is 30.9 Å². The van der Waals surface area contributed by atoms with Crippen LogP contribution in [-0.4, -0.2) is 50.4 Å². The van der Waals surface area contributed by atoms with Crippen molar-refractivity contribution >= 4 is 5.91 Å². The normalized spacial score (nSPS) is 20.8. The fraction of sp³-hybridized carbons (Fsp3) is 0.471. The van der Waals surface area contributed by atoms with E-state index in [1.807, 2.05) is 0 Å². The average Bonchev–Trinajstić information content (AvgIpc) is 3.10. The van der Waals surface area contributed by atoms with E-state index in [2.05, 4.69) is 10.1 Å². The van der Waals surface area contributed by atoms with Gasteiger partial charge in [0.25, 0.3) is 5.91 Å². The Hall–Kier alpha value is -2.28. The van der Waals surface area contributed by atoms with Crippen LogP contribution in [-0.2, 0) is 0 Å². The first-order valence-electron chi connectivity index (χ1n) is 8.14. The minimum atomic E-state index is -0.530. The van der Waals surface area contributed by atoms with E-state index in [1.54, 1.807) is 18.0 Å². The molecule has 128 valence electrons. The molecule has 1 aromatic carbocycles. The third-order valence-corrected chi connectivity index (χ3v) is 4.58. The SMILES string of the molecule is CN(CC1CCCCC1O)C(=O)c1ccc(-n2cncn2)c(F)c1. The second kappa shape index (κ2) is 7.09. The largest absolute Gasteiger partial charge is 0.393 e. The maximum atomic E-state index is 14.3. The Kier molecular flexibility index (Phi) is 4.89. The molecule has 2 atom stereocenters. The van der Waals surface area contributed by atoms with E-state index >= 15 is 0 Å². The lowest BCUT2D eigenvalue weighted by Crippen LogP contribution is -2.38. The first-order chi connectivity index (χ1) is 11.6. The zero-order valence-electron chi connectivity index (χ0n) is 13.6. The molecule has 24 heavy (non-hydrogen) atoms. The van der Waals surface area contributed by atoms with Gasteiger partial charge in [-0.15, -0.1) is 0 Å². The van der Waals surface area contributed by atoms with Gasteiger partial charge < -0.3 is 10.0 Å². The molecule has 1 heterocycles. The Morgan fingerprint density at radius 3 is 2.88 bits per heavy atom. The molecule has 2 unspecified atom stereocenters. The van der Waals surface area contributed by atoms with E-state index in [0.717, 1.165) is 25.7 Å². The molecule has 3 rings (SSSR count). The summed E-state index contributed by atoms with van der Waals surface area (Å²) in [4.78, 5) is 17.9. The van der Waals surface area contributed by atoms with E-state index in [-0.39, 0.29) is 29.2 Å². The predicted molar refractivity (Wildman–Crippen MR) is 86.2 cm³/mol. The number of rotatable bonds is 4. The molecular formula is C17H21FN4O2. The number of halogens is 1. The number of nitrogens with zero attached hydrogens (tertiary/aromatic N) is 4. The van der Waals surface area contributed by atoms with Gasteiger partial charge in [0.05, 0.1) is 6.10 Å². The van der Waals surface area contributed by atoms with Gasteiger partial charge in [-0.25, -0.2) is 14.1 Å². The summed E-state index contributed by atoms with van der Waals surface area (Å²) < 4.78 is 15.6. The van der Waals surface area contributed by atoms with E-state index in [1.165, 1.54) is 29.5 Å². The highest BCUT2D eigenvalue weighted by Gasteiger charge is 2.26. The molecule has 1 N–H and O–H groups in total. The Morgan fingerprint density at radius 2 is 2.21 bits per heavy atom. The number of amides is 1. The summed E-state index contributed by atoms with van der Waals surface area (Å²) in [6, 6.07) is 4.31. The average molecular weight is 332 g/mol. The van der Waals surface area contributed by atoms with E-state index in [4.69, 9.17) is 0 Å². The number of carbonyl (C=O) groups is 1. The number of benzene rings is 1. The number of hydrogen-bond donors (Lipinski definition) is 1. The van der Waals surface area contributed by atoms with Crippen molar-refractivity contribution in [3.8, 4) is 5.69 Å². The number of aromatic nitrogens is 3. The van der Waals surface area contributed by atoms with Crippen LogP contribution >= 0.6 is 0 Å². The molecule has 1 aliphatic carbocycles. The quantitative estimate of drug-likeness (QED) is 0.930. The van der Waals surface area contributed by atoms with Crippen molar-refractivity contribution in [2.45, 2.75) is 31.8 Å². The van der Waals surface area contributed by atoms with Crippen LogP contribution in [0, 0.1) is 11.7 Å². The van der Waals surface area contributed by atoms with Gasteiger partial charge in [-0.2, -0.15) is 5.10 Å². The molecule has 1 saturated carbocycles. The van der Waals surface area contributed by atoms with Crippen LogP contribution in [0.1, 0.15) is 36.0 Å². The standard InChI is InChI=1S/C17H21FN4O2/c1-21(9-13-4-2-3-5-16(13)23)17(24)12-6-7-15(14(18)8-12)22-11-19-10-20-22/h6-8,10-11,13,16,23H,2-5,9H2,1H3. The second-order valence-electron chi connectivity index (χ2n) is 6.30. The van der Waals surface area contributed by atoms with Crippen molar-refractivity contribution in [3.05, 3.63) is 42.2 Å². The fourth-order valence-electron chi connectivity index (χ4n) is 3.21. The summed E-state index contributed by atoms with van der Waals surface area (Å²) >= 11 is 0. The minimum Gasteiger partial charge on any atom is -0.393 e. The summed E-state index contributed by atoms with van der Waals surface area (Å²) in [5, 5.41) is 13.9. The molecule has 0 radical (unpaired) electrons. The first kappa shape index (κ1) is 16.6. The molecule has 1 fully saturated rings. The summed E-state index contributed by atoms with van der Waals surface area (Å²) in [7, 11) is 1.69. The summed E-state index contributed by atoms with van der Waals surface area (Å²) in [5.41, 5.74) is 0.526. The molecule has 1 aromatic heterocycles. The lowest BCUT2D eigenvalue weighted by Gasteiger charge is -2.31. The molecule has 0 aliphatic heterocycles. The van der Waals surface area contributed by atoms with Crippen molar-refractivity contribution in [2.24, 2.45) is 5.92 Å². The number of hydrogen-bond acceptors (Lipinski definition) is 4. The maximum Gasteiger partial charge on any atom is 0.253 e. The Balaban J connectivity index is 1.71. The Labute approximate surface area is 139 Å². The molecule has 0 spiro atoms. The van der Waals surface area contributed by atoms with Crippen LogP contribution < -0.4 is 0 Å². The van der Waals surface area contributed by atoms with Crippen LogP contribution in [0.5, 0.6) is 0 Å². The van der Waals surface area contributed by atoms with Crippen molar-refractivity contribution < 1.29 is 14.3 Å². The molecule has 7 heteroatoms. The monoisotopic (exact) mass is 332 g/mol. The maximum absolute atomic E-state index is 14.3. The van der Waals surface area contributed by atoms with Crippen molar-refractivity contribution in [1.82, 2.24) is 19.7 Å². The van der Waals surface area contributed by atoms with E-state index < -0.39 is 5.82 Å². The van der Waals surface area contributed by atoms with Crippen LogP contribution in [0.2, 0.25) is 0 Å². The van der Waals surface area contributed by atoms with Gasteiger partial charge in [0, 0.05) is 25.1 Å². The Morgan fingerprint density at radius 1 is 1.42 bits per heavy atom. The Bertz CT molecular complexity index is 705. The van der Waals surface area contributed by atoms with Gasteiger partial charge in [-0.05, 0) is 31.0 Å². The highest BCUT2D eigenvalue weighted by atomic mass is 19.1. The fourth-order valence-corrected chi connectivity index (χ4v) is 3.21. The van der Waals surface area contributed by atoms with Crippen molar-refractivity contribution in [1.29, 1.82) is 0 Å². The topological polar surface area (TPSA) is 71.2 Å². The van der Waals surface area contributed by atoms with Gasteiger partial charge >= 0.3 is 0 Å².